The fourth-order valence-corrected chi connectivity index (χ4v) is 5.48. The normalized spacial score (nSPS) is 31.6. The van der Waals surface area contributed by atoms with Gasteiger partial charge in [0, 0.05) is 17.2 Å². The van der Waals surface area contributed by atoms with Gasteiger partial charge in [0.25, 0.3) is 0 Å². The zero-order chi connectivity index (χ0) is 16.6. The second-order valence-corrected chi connectivity index (χ2v) is 7.97. The van der Waals surface area contributed by atoms with Crippen molar-refractivity contribution in [2.45, 2.75) is 65.0 Å². The fourth-order valence-electron chi connectivity index (χ4n) is 5.48. The lowest BCUT2D eigenvalue weighted by molar-refractivity contribution is 0.449. The number of hydrogen-bond donors (Lipinski definition) is 0. The third kappa shape index (κ3) is 1.67. The van der Waals surface area contributed by atoms with Crippen molar-refractivity contribution in [3.63, 3.8) is 0 Å². The molecule has 2 heteroatoms. The molecule has 0 radical (unpaired) electrons. The van der Waals surface area contributed by atoms with E-state index in [1.54, 1.807) is 5.56 Å². The van der Waals surface area contributed by atoms with E-state index >= 15 is 0 Å². The first-order valence-electron chi connectivity index (χ1n) is 8.63. The van der Waals surface area contributed by atoms with Gasteiger partial charge in [0.2, 0.25) is 0 Å². The summed E-state index contributed by atoms with van der Waals surface area (Å²) in [7, 11) is 0. The van der Waals surface area contributed by atoms with Crippen molar-refractivity contribution >= 4 is 5.69 Å². The van der Waals surface area contributed by atoms with Gasteiger partial charge >= 0.3 is 0 Å². The molecule has 120 valence electrons. The number of nitrogens with zero attached hydrogens (tertiary/aromatic N) is 2. The van der Waals surface area contributed by atoms with Crippen molar-refractivity contribution in [3.8, 4) is 0 Å². The van der Waals surface area contributed by atoms with Crippen LogP contribution < -0.4 is 4.90 Å². The Morgan fingerprint density at radius 2 is 1.74 bits per heavy atom. The molecule has 1 saturated heterocycles. The zero-order valence-corrected chi connectivity index (χ0v) is 15.1. The number of hydrogen-bond acceptors (Lipinski definition) is 2. The zero-order valence-electron chi connectivity index (χ0n) is 15.1. The van der Waals surface area contributed by atoms with Crippen molar-refractivity contribution in [3.05, 3.63) is 58.4 Å². The number of fused-ring (bicyclic) bond motifs is 5. The molecule has 2 nitrogen and oxygen atoms in total. The van der Waals surface area contributed by atoms with Crippen molar-refractivity contribution in [2.75, 3.05) is 4.90 Å². The Morgan fingerprint density at radius 1 is 1.09 bits per heavy atom. The van der Waals surface area contributed by atoms with Crippen molar-refractivity contribution in [2.24, 2.45) is 0 Å². The van der Waals surface area contributed by atoms with Crippen LogP contribution in [-0.4, -0.2) is 11.0 Å². The van der Waals surface area contributed by atoms with Gasteiger partial charge in [0.05, 0.1) is 16.9 Å². The van der Waals surface area contributed by atoms with E-state index in [0.29, 0.717) is 6.04 Å². The predicted octanol–water partition coefficient (Wildman–Crippen LogP) is 4.79. The molecule has 2 heterocycles. The average Bonchev–Trinajstić information content (AvgIpc) is 2.83. The summed E-state index contributed by atoms with van der Waals surface area (Å²) < 4.78 is 0. The molecule has 1 fully saturated rings. The van der Waals surface area contributed by atoms with Crippen LogP contribution in [0.2, 0.25) is 0 Å². The minimum absolute atomic E-state index is 0.0667. The van der Waals surface area contributed by atoms with Crippen LogP contribution in [0, 0.1) is 20.8 Å². The van der Waals surface area contributed by atoms with Crippen molar-refractivity contribution in [1.82, 2.24) is 4.98 Å². The summed E-state index contributed by atoms with van der Waals surface area (Å²) in [5, 5.41) is 0. The quantitative estimate of drug-likeness (QED) is 0.753. The van der Waals surface area contributed by atoms with Gasteiger partial charge in [-0.1, -0.05) is 31.2 Å². The molecular formula is C21H26N2. The monoisotopic (exact) mass is 306 g/mol. The van der Waals surface area contributed by atoms with Gasteiger partial charge in [-0.05, 0) is 63.8 Å². The molecule has 2 aliphatic rings. The third-order valence-electron chi connectivity index (χ3n) is 6.40. The largest absolute Gasteiger partial charge is 0.357 e. The van der Waals surface area contributed by atoms with Crippen LogP contribution in [0.4, 0.5) is 5.69 Å². The highest BCUT2D eigenvalue weighted by atomic mass is 15.3. The predicted molar refractivity (Wildman–Crippen MR) is 96.2 cm³/mol. The smallest absolute Gasteiger partial charge is 0.0641 e. The van der Waals surface area contributed by atoms with Gasteiger partial charge < -0.3 is 4.90 Å². The third-order valence-corrected chi connectivity index (χ3v) is 6.40. The molecular weight excluding hydrogens is 280 g/mol. The van der Waals surface area contributed by atoms with Gasteiger partial charge in [-0.15, -0.1) is 0 Å². The number of anilines is 1. The van der Waals surface area contributed by atoms with Crippen LogP contribution in [0.1, 0.15) is 55.3 Å². The van der Waals surface area contributed by atoms with E-state index in [0.717, 1.165) is 11.4 Å². The van der Waals surface area contributed by atoms with Gasteiger partial charge in [-0.2, -0.15) is 0 Å². The Labute approximate surface area is 139 Å². The summed E-state index contributed by atoms with van der Waals surface area (Å²) in [4.78, 5) is 7.42. The lowest BCUT2D eigenvalue weighted by Crippen LogP contribution is -2.49. The maximum absolute atomic E-state index is 4.77. The van der Waals surface area contributed by atoms with Crippen LogP contribution in [0.3, 0.4) is 0 Å². The molecule has 1 aromatic heterocycles. The minimum Gasteiger partial charge on any atom is -0.357 e. The summed E-state index contributed by atoms with van der Waals surface area (Å²) in [5.41, 5.74) is 8.27. The SMILES string of the molecule is Cc1cc(C)c(N2C(C)C3(C)CC2(C)c2ccccc23)c(C)n1. The molecule has 23 heavy (non-hydrogen) atoms. The summed E-state index contributed by atoms with van der Waals surface area (Å²) >= 11 is 0. The molecule has 1 aromatic carbocycles. The maximum atomic E-state index is 4.77. The van der Waals surface area contributed by atoms with E-state index in [1.165, 1.54) is 23.2 Å². The standard InChI is InChI=1S/C21H26N2/c1-13-11-14(2)22-15(3)19(13)23-16(4)20(5)12-21(23,6)18-10-8-7-9-17(18)20/h7-11,16H,12H2,1-6H3. The maximum Gasteiger partial charge on any atom is 0.0641 e. The molecule has 3 unspecified atom stereocenters. The highest BCUT2D eigenvalue weighted by molar-refractivity contribution is 5.67. The lowest BCUT2D eigenvalue weighted by Gasteiger charge is -2.46. The van der Waals surface area contributed by atoms with Gasteiger partial charge in [-0.3, -0.25) is 4.98 Å². The first kappa shape index (κ1) is 14.7. The Morgan fingerprint density at radius 3 is 2.39 bits per heavy atom. The average molecular weight is 306 g/mol. The number of benzene rings is 1. The fraction of sp³-hybridized carbons (Fsp3) is 0.476. The molecule has 3 atom stereocenters. The van der Waals surface area contributed by atoms with E-state index in [4.69, 9.17) is 4.98 Å². The molecule has 4 rings (SSSR count). The Bertz CT molecular complexity index is 786. The van der Waals surface area contributed by atoms with Crippen molar-refractivity contribution in [1.29, 1.82) is 0 Å². The number of aromatic nitrogens is 1. The summed E-state index contributed by atoms with van der Waals surface area (Å²) in [5.74, 6) is 0. The Hall–Kier alpha value is -1.83. The summed E-state index contributed by atoms with van der Waals surface area (Å²) in [6, 6.07) is 11.7. The molecule has 0 saturated carbocycles. The first-order valence-corrected chi connectivity index (χ1v) is 8.63. The first-order chi connectivity index (χ1) is 10.8. The number of aryl methyl sites for hydroxylation is 3. The molecule has 0 amide bonds. The lowest BCUT2D eigenvalue weighted by atomic mass is 9.78. The Balaban J connectivity index is 1.97. The van der Waals surface area contributed by atoms with Gasteiger partial charge in [0.15, 0.2) is 0 Å². The minimum atomic E-state index is 0.0667. The van der Waals surface area contributed by atoms with Crippen LogP contribution in [0.25, 0.3) is 0 Å². The van der Waals surface area contributed by atoms with Crippen LogP contribution in [0.15, 0.2) is 30.3 Å². The van der Waals surface area contributed by atoms with E-state index in [2.05, 4.69) is 76.8 Å². The second kappa shape index (κ2) is 4.37. The summed E-state index contributed by atoms with van der Waals surface area (Å²) in [6.45, 7) is 13.7. The molecule has 1 aliphatic carbocycles. The van der Waals surface area contributed by atoms with Gasteiger partial charge in [-0.25, -0.2) is 0 Å². The van der Waals surface area contributed by atoms with Crippen molar-refractivity contribution < 1.29 is 0 Å². The van der Waals surface area contributed by atoms with Crippen LogP contribution in [0.5, 0.6) is 0 Å². The highest BCUT2D eigenvalue weighted by Crippen LogP contribution is 2.62. The van der Waals surface area contributed by atoms with E-state index in [9.17, 15) is 0 Å². The highest BCUT2D eigenvalue weighted by Gasteiger charge is 2.61. The van der Waals surface area contributed by atoms with E-state index in [1.807, 2.05) is 0 Å². The molecule has 0 N–H and O–H groups in total. The molecule has 2 aromatic rings. The van der Waals surface area contributed by atoms with Crippen LogP contribution in [-0.2, 0) is 11.0 Å². The Kier molecular flexibility index (Phi) is 2.80. The second-order valence-electron chi connectivity index (χ2n) is 7.97. The van der Waals surface area contributed by atoms with E-state index in [-0.39, 0.29) is 11.0 Å². The van der Waals surface area contributed by atoms with Crippen LogP contribution >= 0.6 is 0 Å². The topological polar surface area (TPSA) is 16.1 Å². The number of pyridine rings is 1. The summed E-state index contributed by atoms with van der Waals surface area (Å²) in [6.07, 6.45) is 1.19. The molecule has 2 bridgehead atoms. The van der Waals surface area contributed by atoms with Gasteiger partial charge in [0.1, 0.15) is 0 Å². The molecule has 1 aliphatic heterocycles. The molecule has 0 spiro atoms. The van der Waals surface area contributed by atoms with E-state index < -0.39 is 0 Å². The number of rotatable bonds is 1.